The van der Waals surface area contributed by atoms with Crippen molar-refractivity contribution < 1.29 is 21.8 Å². The normalized spacial score (nSPS) is 19.9. The van der Waals surface area contributed by atoms with Crippen molar-refractivity contribution in [1.29, 1.82) is 0 Å². The summed E-state index contributed by atoms with van der Waals surface area (Å²) >= 11 is 0. The fourth-order valence-electron chi connectivity index (χ4n) is 6.44. The summed E-state index contributed by atoms with van der Waals surface area (Å²) in [5.41, 5.74) is 1.30. The van der Waals surface area contributed by atoms with Crippen molar-refractivity contribution in [3.05, 3.63) is 127 Å². The smallest absolute Gasteiger partial charge is 0.264 e. The molecule has 5 heteroatoms. The van der Waals surface area contributed by atoms with Gasteiger partial charge in [0, 0.05) is 38.6 Å². The van der Waals surface area contributed by atoms with Crippen molar-refractivity contribution in [2.45, 2.75) is 31.1 Å². The molecule has 0 N–H and O–H groups in total. The molecule has 4 aromatic rings. The lowest BCUT2D eigenvalue weighted by atomic mass is 10.2. The first-order chi connectivity index (χ1) is 18.3. The molecule has 1 unspecified atom stereocenters. The Morgan fingerprint density at radius 2 is 1.11 bits per heavy atom. The lowest BCUT2D eigenvalue weighted by Crippen LogP contribution is -3.00. The highest BCUT2D eigenvalue weighted by Gasteiger charge is 2.59. The van der Waals surface area contributed by atoms with Gasteiger partial charge in [0.1, 0.15) is 23.2 Å². The highest BCUT2D eigenvalue weighted by atomic mass is 79.9. The van der Waals surface area contributed by atoms with Crippen LogP contribution < -0.4 is 32.9 Å². The number of nitrogens with zero attached hydrogens (tertiary/aromatic N) is 2. The predicted octanol–water partition coefficient (Wildman–Crippen LogP) is 1.86. The van der Waals surface area contributed by atoms with Crippen LogP contribution in [0.15, 0.2) is 121 Å². The fraction of sp³-hybridized carbons (Fsp3) is 0.242. The van der Waals surface area contributed by atoms with E-state index < -0.39 is 7.26 Å². The van der Waals surface area contributed by atoms with Gasteiger partial charge in [-0.3, -0.25) is 9.69 Å². The second kappa shape index (κ2) is 11.9. The van der Waals surface area contributed by atoms with Gasteiger partial charge in [0.2, 0.25) is 0 Å². The van der Waals surface area contributed by atoms with Crippen LogP contribution in [0, 0.1) is 0 Å². The maximum atomic E-state index is 14.5. The third kappa shape index (κ3) is 4.98. The largest absolute Gasteiger partial charge is 1.00 e. The van der Waals surface area contributed by atoms with Gasteiger partial charge in [0.25, 0.3) is 5.91 Å². The second-order valence-electron chi connectivity index (χ2n) is 10.2. The summed E-state index contributed by atoms with van der Waals surface area (Å²) in [6, 6.07) is 43.5. The number of rotatable bonds is 7. The molecular formula is C33H34BrN2OP. The quantitative estimate of drug-likeness (QED) is 0.310. The topological polar surface area (TPSA) is 23.6 Å². The summed E-state index contributed by atoms with van der Waals surface area (Å²) in [5.74, 6) is 0.344. The maximum Gasteiger partial charge on any atom is 0.264 e. The van der Waals surface area contributed by atoms with Crippen LogP contribution in [0.5, 0.6) is 0 Å². The van der Waals surface area contributed by atoms with Crippen molar-refractivity contribution in [1.82, 2.24) is 9.80 Å². The number of benzene rings is 4. The number of likely N-dealkylation sites (tertiary alicyclic amines) is 2. The molecule has 2 aliphatic heterocycles. The summed E-state index contributed by atoms with van der Waals surface area (Å²) in [7, 11) is -2.21. The van der Waals surface area contributed by atoms with E-state index in [1.54, 1.807) is 0 Å². The van der Waals surface area contributed by atoms with Crippen LogP contribution in [0.3, 0.4) is 0 Å². The second-order valence-corrected chi connectivity index (χ2v) is 13.8. The fourth-order valence-corrected chi connectivity index (χ4v) is 11.3. The molecule has 0 saturated carbocycles. The van der Waals surface area contributed by atoms with Crippen LogP contribution in [-0.2, 0) is 11.3 Å². The van der Waals surface area contributed by atoms with Gasteiger partial charge in [-0.1, -0.05) is 84.9 Å². The average molecular weight is 586 g/mol. The average Bonchev–Trinajstić information content (AvgIpc) is 3.58. The van der Waals surface area contributed by atoms with Crippen LogP contribution in [0.4, 0.5) is 0 Å². The zero-order chi connectivity index (χ0) is 25.1. The lowest BCUT2D eigenvalue weighted by Gasteiger charge is -2.32. The molecule has 2 heterocycles. The van der Waals surface area contributed by atoms with Gasteiger partial charge in [0.05, 0.1) is 0 Å². The Labute approximate surface area is 237 Å². The van der Waals surface area contributed by atoms with E-state index in [-0.39, 0.29) is 22.6 Å². The summed E-state index contributed by atoms with van der Waals surface area (Å²) in [6.07, 6.45) is 1.96. The van der Waals surface area contributed by atoms with E-state index in [4.69, 9.17) is 0 Å². The summed E-state index contributed by atoms with van der Waals surface area (Å²) in [5, 5.41) is 3.89. The number of hydrogen-bond acceptors (Lipinski definition) is 2. The Bertz CT molecular complexity index is 1220. The molecule has 0 radical (unpaired) electrons. The number of carbonyl (C=O) groups is 1. The molecule has 2 aliphatic rings. The number of halogens is 1. The van der Waals surface area contributed by atoms with Gasteiger partial charge in [-0.2, -0.15) is 0 Å². The van der Waals surface area contributed by atoms with Crippen molar-refractivity contribution in [3.8, 4) is 0 Å². The van der Waals surface area contributed by atoms with Crippen molar-refractivity contribution in [2.24, 2.45) is 0 Å². The molecule has 194 valence electrons. The molecule has 0 aliphatic carbocycles. The van der Waals surface area contributed by atoms with Gasteiger partial charge < -0.3 is 21.9 Å². The summed E-state index contributed by atoms with van der Waals surface area (Å²) in [6.45, 7) is 3.81. The number of amides is 1. The van der Waals surface area contributed by atoms with Gasteiger partial charge in [-0.05, 0) is 48.4 Å². The highest BCUT2D eigenvalue weighted by Crippen LogP contribution is 2.62. The highest BCUT2D eigenvalue weighted by molar-refractivity contribution is 7.96. The zero-order valence-electron chi connectivity index (χ0n) is 21.6. The van der Waals surface area contributed by atoms with Crippen LogP contribution in [0.1, 0.15) is 18.4 Å². The van der Waals surface area contributed by atoms with Crippen LogP contribution >= 0.6 is 7.26 Å². The van der Waals surface area contributed by atoms with Gasteiger partial charge in [-0.25, -0.2) is 0 Å². The van der Waals surface area contributed by atoms with Gasteiger partial charge >= 0.3 is 0 Å². The zero-order valence-corrected chi connectivity index (χ0v) is 24.1. The van der Waals surface area contributed by atoms with Crippen LogP contribution in [0.2, 0.25) is 0 Å². The van der Waals surface area contributed by atoms with Crippen molar-refractivity contribution >= 4 is 29.1 Å². The SMILES string of the molecule is O=C1C([P+](c2ccccc2)(c2ccccc2)c2ccccc2)CCN1[C@@H]1CCN(Cc2ccccc2)C1.[Br-]. The minimum Gasteiger partial charge on any atom is -1.00 e. The molecule has 0 bridgehead atoms. The summed E-state index contributed by atoms with van der Waals surface area (Å²) in [4.78, 5) is 19.2. The molecule has 2 atom stereocenters. The molecule has 3 nitrogen and oxygen atoms in total. The van der Waals surface area contributed by atoms with Gasteiger partial charge in [-0.15, -0.1) is 0 Å². The van der Waals surface area contributed by atoms with Crippen LogP contribution in [-0.4, -0.2) is 47.0 Å². The molecule has 2 saturated heterocycles. The van der Waals surface area contributed by atoms with Crippen molar-refractivity contribution in [2.75, 3.05) is 19.6 Å². The third-order valence-electron chi connectivity index (χ3n) is 8.11. The summed E-state index contributed by atoms with van der Waals surface area (Å²) < 4.78 is 0. The van der Waals surface area contributed by atoms with E-state index in [0.29, 0.717) is 11.9 Å². The Morgan fingerprint density at radius 1 is 0.632 bits per heavy atom. The Hall–Kier alpha value is -2.78. The maximum absolute atomic E-state index is 14.5. The minimum atomic E-state index is -2.21. The molecule has 6 rings (SSSR count). The first-order valence-electron chi connectivity index (χ1n) is 13.4. The van der Waals surface area contributed by atoms with E-state index >= 15 is 0 Å². The first-order valence-corrected chi connectivity index (χ1v) is 15.2. The minimum absolute atomic E-state index is 0. The standard InChI is InChI=1S/C33H34N2OP.BrH/c36-33-32(22-24-35(33)28-21-23-34(26-28)25-27-13-5-1-6-14-27)37(29-15-7-2-8-16-29,30-17-9-3-10-18-30)31-19-11-4-12-20-31;/h1-20,28,32H,21-26H2;1H/q+1;/p-1/t28-,32?;/m1./s1. The van der Waals surface area contributed by atoms with E-state index in [1.165, 1.54) is 21.5 Å². The Morgan fingerprint density at radius 3 is 1.61 bits per heavy atom. The van der Waals surface area contributed by atoms with E-state index in [9.17, 15) is 4.79 Å². The van der Waals surface area contributed by atoms with Crippen molar-refractivity contribution in [3.63, 3.8) is 0 Å². The predicted molar refractivity (Wildman–Crippen MR) is 155 cm³/mol. The molecular weight excluding hydrogens is 551 g/mol. The molecule has 38 heavy (non-hydrogen) atoms. The molecule has 2 fully saturated rings. The number of hydrogen-bond donors (Lipinski definition) is 0. The van der Waals surface area contributed by atoms with E-state index in [2.05, 4.69) is 131 Å². The first kappa shape index (κ1) is 26.8. The molecule has 0 spiro atoms. The monoisotopic (exact) mass is 584 g/mol. The van der Waals surface area contributed by atoms with Gasteiger partial charge in [0.15, 0.2) is 5.66 Å². The number of carbonyl (C=O) groups excluding carboxylic acids is 1. The lowest BCUT2D eigenvalue weighted by molar-refractivity contribution is -0.129. The molecule has 1 amide bonds. The van der Waals surface area contributed by atoms with Crippen LogP contribution in [0.25, 0.3) is 0 Å². The molecule has 0 aromatic heterocycles. The molecule has 4 aromatic carbocycles. The Balaban J connectivity index is 0.00000294. The van der Waals surface area contributed by atoms with E-state index in [0.717, 1.165) is 39.0 Å². The van der Waals surface area contributed by atoms with E-state index in [1.807, 2.05) is 0 Å². The third-order valence-corrected chi connectivity index (χ3v) is 12.9. The Kier molecular flexibility index (Phi) is 8.43.